The predicted molar refractivity (Wildman–Crippen MR) is 91.4 cm³/mol. The van der Waals surface area contributed by atoms with Crippen LogP contribution in [0, 0.1) is 6.92 Å². The molecule has 2 aromatic rings. The van der Waals surface area contributed by atoms with Crippen molar-refractivity contribution in [3.8, 4) is 0 Å². The normalized spacial score (nSPS) is 11.3. The number of hydrogen-bond donors (Lipinski definition) is 1. The van der Waals surface area contributed by atoms with Crippen LogP contribution in [0.2, 0.25) is 5.02 Å². The molecule has 7 heteroatoms. The molecule has 0 unspecified atom stereocenters. The van der Waals surface area contributed by atoms with Crippen LogP contribution in [0.25, 0.3) is 0 Å². The van der Waals surface area contributed by atoms with E-state index in [1.165, 1.54) is 18.2 Å². The number of amides is 1. The summed E-state index contributed by atoms with van der Waals surface area (Å²) in [6.07, 6.45) is 1.05. The van der Waals surface area contributed by atoms with Gasteiger partial charge in [-0.15, -0.1) is 0 Å². The van der Waals surface area contributed by atoms with Crippen molar-refractivity contribution >= 4 is 49.0 Å². The number of carbonyl (C=O) groups excluding carboxylic acids is 1. The average molecular weight is 403 g/mol. The lowest BCUT2D eigenvalue weighted by Gasteiger charge is -2.10. The Hall–Kier alpha value is -1.37. The van der Waals surface area contributed by atoms with Crippen molar-refractivity contribution in [3.05, 3.63) is 57.0 Å². The molecule has 1 amide bonds. The Labute approximate surface area is 142 Å². The Bertz CT molecular complexity index is 850. The number of nitrogens with one attached hydrogen (secondary N) is 1. The molecule has 0 fully saturated rings. The van der Waals surface area contributed by atoms with E-state index in [2.05, 4.69) is 21.2 Å². The summed E-state index contributed by atoms with van der Waals surface area (Å²) >= 11 is 9.22. The maximum Gasteiger partial charge on any atom is 0.255 e. The van der Waals surface area contributed by atoms with Gasteiger partial charge < -0.3 is 5.32 Å². The summed E-state index contributed by atoms with van der Waals surface area (Å²) in [5, 5.41) is 2.85. The monoisotopic (exact) mass is 401 g/mol. The van der Waals surface area contributed by atoms with Crippen molar-refractivity contribution in [2.75, 3.05) is 11.6 Å². The Balaban J connectivity index is 2.34. The molecule has 22 heavy (non-hydrogen) atoms. The summed E-state index contributed by atoms with van der Waals surface area (Å²) < 4.78 is 24.2. The minimum Gasteiger partial charge on any atom is -0.322 e. The highest BCUT2D eigenvalue weighted by Gasteiger charge is 2.16. The first-order chi connectivity index (χ1) is 10.2. The molecule has 116 valence electrons. The molecule has 0 aromatic heterocycles. The van der Waals surface area contributed by atoms with Crippen LogP contribution in [0.1, 0.15) is 15.9 Å². The molecule has 2 aromatic carbocycles. The fourth-order valence-corrected chi connectivity index (χ4v) is 3.67. The third-order valence-corrected chi connectivity index (χ3v) is 5.10. The second-order valence-electron chi connectivity index (χ2n) is 4.83. The average Bonchev–Trinajstić information content (AvgIpc) is 2.41. The van der Waals surface area contributed by atoms with E-state index in [1.807, 2.05) is 19.1 Å². The molecule has 0 heterocycles. The zero-order valence-electron chi connectivity index (χ0n) is 11.9. The van der Waals surface area contributed by atoms with Crippen molar-refractivity contribution in [3.63, 3.8) is 0 Å². The molecule has 1 N–H and O–H groups in total. The fraction of sp³-hybridized carbons (Fsp3) is 0.133. The van der Waals surface area contributed by atoms with Gasteiger partial charge in [-0.1, -0.05) is 27.5 Å². The molecule has 0 bridgehead atoms. The zero-order valence-corrected chi connectivity index (χ0v) is 15.0. The lowest BCUT2D eigenvalue weighted by molar-refractivity contribution is 0.102. The quantitative estimate of drug-likeness (QED) is 0.842. The van der Waals surface area contributed by atoms with E-state index < -0.39 is 15.7 Å². The molecule has 0 spiro atoms. The number of benzene rings is 2. The van der Waals surface area contributed by atoms with E-state index in [-0.39, 0.29) is 15.5 Å². The molecule has 4 nitrogen and oxygen atoms in total. The summed E-state index contributed by atoms with van der Waals surface area (Å²) in [4.78, 5) is 12.2. The van der Waals surface area contributed by atoms with Gasteiger partial charge in [-0.25, -0.2) is 8.42 Å². The summed E-state index contributed by atoms with van der Waals surface area (Å²) in [6.45, 7) is 1.87. The maximum atomic E-state index is 12.3. The molecule has 0 atom stereocenters. The van der Waals surface area contributed by atoms with E-state index in [4.69, 9.17) is 11.6 Å². The highest BCUT2D eigenvalue weighted by atomic mass is 79.9. The van der Waals surface area contributed by atoms with Crippen LogP contribution in [0.3, 0.4) is 0 Å². The minimum atomic E-state index is -3.49. The summed E-state index contributed by atoms with van der Waals surface area (Å²) in [7, 11) is -3.49. The molecule has 0 aliphatic carbocycles. The molecule has 0 saturated heterocycles. The lowest BCUT2D eigenvalue weighted by Crippen LogP contribution is -2.13. The van der Waals surface area contributed by atoms with E-state index in [0.717, 1.165) is 16.3 Å². The number of rotatable bonds is 3. The number of carbonyl (C=O) groups is 1. The molecular weight excluding hydrogens is 390 g/mol. The van der Waals surface area contributed by atoms with Crippen LogP contribution in [-0.2, 0) is 9.84 Å². The second kappa shape index (κ2) is 6.40. The van der Waals surface area contributed by atoms with Gasteiger partial charge >= 0.3 is 0 Å². The van der Waals surface area contributed by atoms with E-state index in [0.29, 0.717) is 5.69 Å². The fourth-order valence-electron chi connectivity index (χ4n) is 1.89. The summed E-state index contributed by atoms with van der Waals surface area (Å²) in [6, 6.07) is 9.62. The van der Waals surface area contributed by atoms with Gasteiger partial charge in [0.25, 0.3) is 5.91 Å². The second-order valence-corrected chi connectivity index (χ2v) is 8.14. The largest absolute Gasteiger partial charge is 0.322 e. The number of hydrogen-bond acceptors (Lipinski definition) is 3. The standard InChI is InChI=1S/C15H13BrClNO3S/c1-9-7-11(16)4-6-13(9)18-15(19)10-3-5-12(17)14(8-10)22(2,20)21/h3-8H,1-2H3,(H,18,19). The highest BCUT2D eigenvalue weighted by molar-refractivity contribution is 9.10. The van der Waals surface area contributed by atoms with Crippen molar-refractivity contribution in [2.45, 2.75) is 11.8 Å². The topological polar surface area (TPSA) is 63.2 Å². The number of anilines is 1. The molecular formula is C15H13BrClNO3S. The highest BCUT2D eigenvalue weighted by Crippen LogP contribution is 2.24. The molecule has 0 aliphatic heterocycles. The summed E-state index contributed by atoms with van der Waals surface area (Å²) in [5.74, 6) is -0.396. The van der Waals surface area contributed by atoms with Gasteiger partial charge in [-0.2, -0.15) is 0 Å². The van der Waals surface area contributed by atoms with E-state index in [1.54, 1.807) is 6.07 Å². The van der Waals surface area contributed by atoms with Gasteiger partial charge in [0.05, 0.1) is 9.92 Å². The number of aryl methyl sites for hydroxylation is 1. The minimum absolute atomic E-state index is 0.0608. The van der Waals surface area contributed by atoms with Gasteiger partial charge in [0.2, 0.25) is 0 Å². The van der Waals surface area contributed by atoms with Crippen LogP contribution in [0.15, 0.2) is 45.8 Å². The smallest absolute Gasteiger partial charge is 0.255 e. The molecule has 0 aliphatic rings. The Kier molecular flexibility index (Phi) is 4.94. The van der Waals surface area contributed by atoms with E-state index in [9.17, 15) is 13.2 Å². The van der Waals surface area contributed by atoms with Crippen LogP contribution < -0.4 is 5.32 Å². The Morgan fingerprint density at radius 2 is 1.86 bits per heavy atom. The third-order valence-electron chi connectivity index (χ3n) is 3.03. The van der Waals surface area contributed by atoms with Crippen molar-refractivity contribution in [1.29, 1.82) is 0 Å². The van der Waals surface area contributed by atoms with Crippen LogP contribution in [0.4, 0.5) is 5.69 Å². The van der Waals surface area contributed by atoms with Crippen LogP contribution in [-0.4, -0.2) is 20.6 Å². The van der Waals surface area contributed by atoms with Crippen LogP contribution >= 0.6 is 27.5 Å². The van der Waals surface area contributed by atoms with Crippen LogP contribution in [0.5, 0.6) is 0 Å². The molecule has 0 radical (unpaired) electrons. The van der Waals surface area contributed by atoms with Crippen molar-refractivity contribution in [1.82, 2.24) is 0 Å². The molecule has 2 rings (SSSR count). The van der Waals surface area contributed by atoms with Gasteiger partial charge in [0, 0.05) is 22.0 Å². The predicted octanol–water partition coefficient (Wildman–Crippen LogP) is 4.07. The first kappa shape index (κ1) is 17.0. The molecule has 0 saturated carbocycles. The van der Waals surface area contributed by atoms with Gasteiger partial charge in [-0.3, -0.25) is 4.79 Å². The lowest BCUT2D eigenvalue weighted by atomic mass is 10.1. The first-order valence-electron chi connectivity index (χ1n) is 6.25. The van der Waals surface area contributed by atoms with Crippen molar-refractivity contribution < 1.29 is 13.2 Å². The van der Waals surface area contributed by atoms with Crippen molar-refractivity contribution in [2.24, 2.45) is 0 Å². The maximum absolute atomic E-state index is 12.3. The van der Waals surface area contributed by atoms with E-state index >= 15 is 0 Å². The zero-order chi connectivity index (χ0) is 16.5. The first-order valence-corrected chi connectivity index (χ1v) is 9.32. The summed E-state index contributed by atoms with van der Waals surface area (Å²) in [5.41, 5.74) is 1.77. The van der Waals surface area contributed by atoms with Gasteiger partial charge in [0.1, 0.15) is 0 Å². The Morgan fingerprint density at radius 3 is 2.45 bits per heavy atom. The SMILES string of the molecule is Cc1cc(Br)ccc1NC(=O)c1ccc(Cl)c(S(C)(=O)=O)c1. The van der Waals surface area contributed by atoms with Gasteiger partial charge in [-0.05, 0) is 48.9 Å². The van der Waals surface area contributed by atoms with Gasteiger partial charge in [0.15, 0.2) is 9.84 Å². The number of halogens is 2. The third kappa shape index (κ3) is 3.88. The Morgan fingerprint density at radius 1 is 1.18 bits per heavy atom. The number of sulfone groups is 1.